The largest absolute Gasteiger partial charge is 0.417 e. The molecule has 0 aliphatic carbocycles. The third-order valence-corrected chi connectivity index (χ3v) is 2.50. The van der Waals surface area contributed by atoms with Gasteiger partial charge in [-0.1, -0.05) is 18.2 Å². The van der Waals surface area contributed by atoms with Gasteiger partial charge in [0, 0.05) is 11.8 Å². The van der Waals surface area contributed by atoms with Crippen molar-refractivity contribution in [3.05, 3.63) is 53.7 Å². The molecule has 1 aromatic carbocycles. The van der Waals surface area contributed by atoms with Gasteiger partial charge in [0.25, 0.3) is 0 Å². The van der Waals surface area contributed by atoms with E-state index in [4.69, 9.17) is 5.11 Å². The second-order valence-electron chi connectivity index (χ2n) is 3.79. The number of halogens is 3. The van der Waals surface area contributed by atoms with Crippen LogP contribution in [0.3, 0.4) is 0 Å². The number of hydrogen-bond acceptors (Lipinski definition) is 2. The summed E-state index contributed by atoms with van der Waals surface area (Å²) < 4.78 is 37.1. The van der Waals surface area contributed by atoms with Crippen molar-refractivity contribution in [1.29, 1.82) is 0 Å². The van der Waals surface area contributed by atoms with E-state index in [1.807, 2.05) is 0 Å². The summed E-state index contributed by atoms with van der Waals surface area (Å²) in [4.78, 5) is 3.79. The Morgan fingerprint density at radius 2 is 1.89 bits per heavy atom. The van der Waals surface area contributed by atoms with E-state index < -0.39 is 11.7 Å². The van der Waals surface area contributed by atoms with Gasteiger partial charge in [0.2, 0.25) is 0 Å². The Morgan fingerprint density at radius 1 is 1.11 bits per heavy atom. The molecule has 0 fully saturated rings. The Hall–Kier alpha value is -1.88. The van der Waals surface area contributed by atoms with E-state index in [2.05, 4.69) is 4.98 Å². The zero-order valence-electron chi connectivity index (χ0n) is 9.28. The lowest BCUT2D eigenvalue weighted by atomic mass is 10.1. The first-order chi connectivity index (χ1) is 8.50. The fraction of sp³-hybridized carbons (Fsp3) is 0.154. The Kier molecular flexibility index (Phi) is 3.34. The molecule has 94 valence electrons. The SMILES string of the molecule is OCc1cccc(-c2ccc(C(F)(F)F)cn2)c1. The van der Waals surface area contributed by atoms with Crippen LogP contribution >= 0.6 is 0 Å². The van der Waals surface area contributed by atoms with Crippen molar-refractivity contribution >= 4 is 0 Å². The molecule has 0 saturated carbocycles. The maximum Gasteiger partial charge on any atom is 0.417 e. The normalized spacial score (nSPS) is 11.6. The molecule has 1 heterocycles. The Bertz CT molecular complexity index is 535. The molecule has 18 heavy (non-hydrogen) atoms. The number of rotatable bonds is 2. The van der Waals surface area contributed by atoms with Crippen LogP contribution in [0.2, 0.25) is 0 Å². The Morgan fingerprint density at radius 3 is 2.44 bits per heavy atom. The number of pyridine rings is 1. The molecule has 0 amide bonds. The van der Waals surface area contributed by atoms with Gasteiger partial charge in [0.15, 0.2) is 0 Å². The predicted octanol–water partition coefficient (Wildman–Crippen LogP) is 3.26. The number of aliphatic hydroxyl groups is 1. The molecule has 0 radical (unpaired) electrons. The van der Waals surface area contributed by atoms with Gasteiger partial charge in [0.05, 0.1) is 17.9 Å². The molecule has 0 spiro atoms. The van der Waals surface area contributed by atoms with Crippen molar-refractivity contribution in [2.24, 2.45) is 0 Å². The van der Waals surface area contributed by atoms with Crippen LogP contribution in [0.25, 0.3) is 11.3 Å². The third kappa shape index (κ3) is 2.68. The standard InChI is InChI=1S/C13H10F3NO/c14-13(15,16)11-4-5-12(17-7-11)10-3-1-2-9(6-10)8-18/h1-7,18H,8H2. The lowest BCUT2D eigenvalue weighted by molar-refractivity contribution is -0.137. The molecule has 2 nitrogen and oxygen atoms in total. The van der Waals surface area contributed by atoms with Gasteiger partial charge >= 0.3 is 6.18 Å². The minimum Gasteiger partial charge on any atom is -0.392 e. The molecule has 1 N–H and O–H groups in total. The van der Waals surface area contributed by atoms with Crippen LogP contribution in [0.15, 0.2) is 42.6 Å². The summed E-state index contributed by atoms with van der Waals surface area (Å²) in [5.41, 5.74) is 1.03. The number of hydrogen-bond donors (Lipinski definition) is 1. The summed E-state index contributed by atoms with van der Waals surface area (Å²) in [6.07, 6.45) is -3.57. The highest BCUT2D eigenvalue weighted by Crippen LogP contribution is 2.29. The van der Waals surface area contributed by atoms with Gasteiger partial charge in [-0.2, -0.15) is 13.2 Å². The number of aromatic nitrogens is 1. The van der Waals surface area contributed by atoms with Crippen molar-refractivity contribution in [3.63, 3.8) is 0 Å². The summed E-state index contributed by atoms with van der Waals surface area (Å²) in [6.45, 7) is -0.117. The molecule has 2 aromatic rings. The molecule has 0 aliphatic rings. The lowest BCUT2D eigenvalue weighted by Crippen LogP contribution is -2.05. The van der Waals surface area contributed by atoms with Crippen LogP contribution in [-0.2, 0) is 12.8 Å². The molecule has 0 atom stereocenters. The third-order valence-electron chi connectivity index (χ3n) is 2.50. The highest BCUT2D eigenvalue weighted by atomic mass is 19.4. The summed E-state index contributed by atoms with van der Waals surface area (Å²) in [5, 5.41) is 8.99. The maximum atomic E-state index is 12.4. The average molecular weight is 253 g/mol. The fourth-order valence-corrected chi connectivity index (χ4v) is 1.56. The molecular formula is C13H10F3NO. The summed E-state index contributed by atoms with van der Waals surface area (Å²) >= 11 is 0. The number of benzene rings is 1. The Labute approximate surface area is 102 Å². The first-order valence-corrected chi connectivity index (χ1v) is 5.24. The van der Waals surface area contributed by atoms with Crippen LogP contribution in [0.1, 0.15) is 11.1 Å². The quantitative estimate of drug-likeness (QED) is 0.891. The van der Waals surface area contributed by atoms with Gasteiger partial charge in [-0.15, -0.1) is 0 Å². The summed E-state index contributed by atoms with van der Waals surface area (Å²) in [6, 6.07) is 9.19. The topological polar surface area (TPSA) is 33.1 Å². The Balaban J connectivity index is 2.34. The number of aliphatic hydroxyl groups excluding tert-OH is 1. The fourth-order valence-electron chi connectivity index (χ4n) is 1.56. The highest BCUT2D eigenvalue weighted by molar-refractivity contribution is 5.60. The van der Waals surface area contributed by atoms with Gasteiger partial charge < -0.3 is 5.11 Å². The van der Waals surface area contributed by atoms with Crippen molar-refractivity contribution in [2.75, 3.05) is 0 Å². The van der Waals surface area contributed by atoms with E-state index in [1.165, 1.54) is 6.07 Å². The summed E-state index contributed by atoms with van der Waals surface area (Å²) in [5.74, 6) is 0. The molecule has 1 aromatic heterocycles. The van der Waals surface area contributed by atoms with Crippen LogP contribution < -0.4 is 0 Å². The number of alkyl halides is 3. The minimum absolute atomic E-state index is 0.117. The van der Waals surface area contributed by atoms with E-state index >= 15 is 0 Å². The highest BCUT2D eigenvalue weighted by Gasteiger charge is 2.30. The molecule has 0 bridgehead atoms. The van der Waals surface area contributed by atoms with Crippen molar-refractivity contribution in [1.82, 2.24) is 4.98 Å². The van der Waals surface area contributed by atoms with E-state index in [0.29, 0.717) is 16.8 Å². The second kappa shape index (κ2) is 4.78. The second-order valence-corrected chi connectivity index (χ2v) is 3.79. The predicted molar refractivity (Wildman–Crippen MR) is 60.6 cm³/mol. The van der Waals surface area contributed by atoms with E-state index in [0.717, 1.165) is 12.3 Å². The van der Waals surface area contributed by atoms with Gasteiger partial charge in [-0.05, 0) is 23.8 Å². The van der Waals surface area contributed by atoms with Gasteiger partial charge in [-0.3, -0.25) is 4.98 Å². The van der Waals surface area contributed by atoms with Crippen LogP contribution in [0.4, 0.5) is 13.2 Å². The average Bonchev–Trinajstić information content (AvgIpc) is 2.38. The maximum absolute atomic E-state index is 12.4. The summed E-state index contributed by atoms with van der Waals surface area (Å²) in [7, 11) is 0. The van der Waals surface area contributed by atoms with Crippen molar-refractivity contribution in [3.8, 4) is 11.3 Å². The molecular weight excluding hydrogens is 243 g/mol. The zero-order chi connectivity index (χ0) is 13.2. The van der Waals surface area contributed by atoms with Gasteiger partial charge in [-0.25, -0.2) is 0 Å². The van der Waals surface area contributed by atoms with Crippen molar-refractivity contribution < 1.29 is 18.3 Å². The molecule has 0 saturated heterocycles. The molecule has 0 aliphatic heterocycles. The first kappa shape index (κ1) is 12.6. The minimum atomic E-state index is -4.38. The van der Waals surface area contributed by atoms with Gasteiger partial charge in [0.1, 0.15) is 0 Å². The van der Waals surface area contributed by atoms with E-state index in [1.54, 1.807) is 24.3 Å². The van der Waals surface area contributed by atoms with E-state index in [9.17, 15) is 13.2 Å². The van der Waals surface area contributed by atoms with Crippen molar-refractivity contribution in [2.45, 2.75) is 12.8 Å². The van der Waals surface area contributed by atoms with Crippen LogP contribution in [-0.4, -0.2) is 10.1 Å². The van der Waals surface area contributed by atoms with E-state index in [-0.39, 0.29) is 6.61 Å². The molecule has 0 unspecified atom stereocenters. The monoisotopic (exact) mass is 253 g/mol. The zero-order valence-corrected chi connectivity index (χ0v) is 9.28. The molecule has 2 rings (SSSR count). The first-order valence-electron chi connectivity index (χ1n) is 5.24. The number of nitrogens with zero attached hydrogens (tertiary/aromatic N) is 1. The lowest BCUT2D eigenvalue weighted by Gasteiger charge is -2.07. The smallest absolute Gasteiger partial charge is 0.392 e. The van der Waals surface area contributed by atoms with Crippen LogP contribution in [0.5, 0.6) is 0 Å². The van der Waals surface area contributed by atoms with Crippen LogP contribution in [0, 0.1) is 0 Å². The molecule has 5 heteroatoms.